The fourth-order valence-electron chi connectivity index (χ4n) is 2.22. The van der Waals surface area contributed by atoms with Gasteiger partial charge in [0.15, 0.2) is 5.11 Å². The zero-order valence-electron chi connectivity index (χ0n) is 13.9. The SMILES string of the molecule is O=C(C=Cc1ccc(-c2ccc(Cl)cc2)o1)NC(=S)Nc1ccc(I)cc1. The Kier molecular flexibility index (Phi) is 6.65. The van der Waals surface area contributed by atoms with E-state index >= 15 is 0 Å². The van der Waals surface area contributed by atoms with Crippen LogP contribution in [0.4, 0.5) is 5.69 Å². The molecule has 2 aromatic carbocycles. The molecule has 0 aliphatic carbocycles. The second kappa shape index (κ2) is 9.16. The minimum atomic E-state index is -0.345. The highest BCUT2D eigenvalue weighted by molar-refractivity contribution is 14.1. The maximum atomic E-state index is 12.0. The van der Waals surface area contributed by atoms with Gasteiger partial charge in [-0.05, 0) is 102 Å². The van der Waals surface area contributed by atoms with Gasteiger partial charge in [0, 0.05) is 25.9 Å². The van der Waals surface area contributed by atoms with Crippen molar-refractivity contribution in [2.45, 2.75) is 0 Å². The van der Waals surface area contributed by atoms with Gasteiger partial charge in [-0.3, -0.25) is 10.1 Å². The Morgan fingerprint density at radius 3 is 2.44 bits per heavy atom. The molecule has 0 unspecified atom stereocenters. The zero-order valence-corrected chi connectivity index (χ0v) is 17.6. The van der Waals surface area contributed by atoms with Crippen LogP contribution in [0.1, 0.15) is 5.76 Å². The third-order valence-corrected chi connectivity index (χ3v) is 4.67. The molecular formula is C20H14ClIN2O2S. The van der Waals surface area contributed by atoms with Crippen molar-refractivity contribution in [2.75, 3.05) is 5.32 Å². The molecule has 2 N–H and O–H groups in total. The summed E-state index contributed by atoms with van der Waals surface area (Å²) in [4.78, 5) is 12.0. The van der Waals surface area contributed by atoms with Crippen LogP contribution < -0.4 is 10.6 Å². The Labute approximate surface area is 180 Å². The summed E-state index contributed by atoms with van der Waals surface area (Å²) in [6, 6.07) is 18.6. The summed E-state index contributed by atoms with van der Waals surface area (Å²) < 4.78 is 6.83. The van der Waals surface area contributed by atoms with Crippen molar-refractivity contribution in [3.05, 3.63) is 81.1 Å². The number of hydrogen-bond acceptors (Lipinski definition) is 3. The number of carbonyl (C=O) groups excluding carboxylic acids is 1. The van der Waals surface area contributed by atoms with Gasteiger partial charge in [-0.1, -0.05) is 11.6 Å². The smallest absolute Gasteiger partial charge is 0.250 e. The summed E-state index contributed by atoms with van der Waals surface area (Å²) in [5, 5.41) is 6.44. The van der Waals surface area contributed by atoms with Gasteiger partial charge in [0.05, 0.1) is 0 Å². The summed E-state index contributed by atoms with van der Waals surface area (Å²) in [6.07, 6.45) is 2.95. The van der Waals surface area contributed by atoms with E-state index in [0.717, 1.165) is 14.8 Å². The lowest BCUT2D eigenvalue weighted by Gasteiger charge is -2.07. The molecule has 3 rings (SSSR count). The Morgan fingerprint density at radius 2 is 1.74 bits per heavy atom. The minimum absolute atomic E-state index is 0.229. The summed E-state index contributed by atoms with van der Waals surface area (Å²) in [7, 11) is 0. The van der Waals surface area contributed by atoms with Gasteiger partial charge < -0.3 is 9.73 Å². The van der Waals surface area contributed by atoms with Crippen molar-refractivity contribution in [3.8, 4) is 11.3 Å². The Hall–Kier alpha value is -2.16. The van der Waals surface area contributed by atoms with Crippen LogP contribution in [0.25, 0.3) is 17.4 Å². The molecule has 3 aromatic rings. The summed E-state index contributed by atoms with van der Waals surface area (Å²) >= 11 is 13.2. The lowest BCUT2D eigenvalue weighted by molar-refractivity contribution is -0.115. The van der Waals surface area contributed by atoms with E-state index in [4.69, 9.17) is 28.2 Å². The summed E-state index contributed by atoms with van der Waals surface area (Å²) in [5.41, 5.74) is 1.72. The monoisotopic (exact) mass is 508 g/mol. The molecule has 0 aliphatic heterocycles. The van der Waals surface area contributed by atoms with Crippen LogP contribution in [0.15, 0.2) is 71.2 Å². The number of hydrogen-bond donors (Lipinski definition) is 2. The molecule has 1 amide bonds. The van der Waals surface area contributed by atoms with Crippen molar-refractivity contribution in [3.63, 3.8) is 0 Å². The number of nitrogens with one attached hydrogen (secondary N) is 2. The van der Waals surface area contributed by atoms with E-state index in [9.17, 15) is 4.79 Å². The number of amides is 1. The average Bonchev–Trinajstić information content (AvgIpc) is 3.11. The predicted molar refractivity (Wildman–Crippen MR) is 122 cm³/mol. The van der Waals surface area contributed by atoms with E-state index in [2.05, 4.69) is 33.2 Å². The third-order valence-electron chi connectivity index (χ3n) is 3.49. The normalized spacial score (nSPS) is 10.7. The number of thiocarbonyl (C=S) groups is 1. The first-order valence-corrected chi connectivity index (χ1v) is 9.77. The molecule has 1 heterocycles. The molecule has 7 heteroatoms. The molecule has 0 radical (unpaired) electrons. The first kappa shape index (κ1) is 19.6. The Morgan fingerprint density at radius 1 is 1.04 bits per heavy atom. The van der Waals surface area contributed by atoms with Crippen LogP contribution in [-0.2, 0) is 4.79 Å². The fraction of sp³-hybridized carbons (Fsp3) is 0. The topological polar surface area (TPSA) is 54.3 Å². The van der Waals surface area contributed by atoms with E-state index < -0.39 is 0 Å². The number of halogens is 2. The van der Waals surface area contributed by atoms with Gasteiger partial charge in [-0.2, -0.15) is 0 Å². The van der Waals surface area contributed by atoms with Crippen LogP contribution in [0.5, 0.6) is 0 Å². The molecule has 4 nitrogen and oxygen atoms in total. The maximum Gasteiger partial charge on any atom is 0.250 e. The molecule has 0 saturated carbocycles. The molecular weight excluding hydrogens is 495 g/mol. The third kappa shape index (κ3) is 5.92. The van der Waals surface area contributed by atoms with Crippen molar-refractivity contribution >= 4 is 69.2 Å². The van der Waals surface area contributed by atoms with Crippen LogP contribution in [0.3, 0.4) is 0 Å². The Balaban J connectivity index is 1.56. The second-order valence-electron chi connectivity index (χ2n) is 5.49. The first-order chi connectivity index (χ1) is 13.0. The fourth-order valence-corrected chi connectivity index (χ4v) is 2.92. The molecule has 1 aromatic heterocycles. The number of benzene rings is 2. The molecule has 0 atom stereocenters. The second-order valence-corrected chi connectivity index (χ2v) is 7.58. The summed E-state index contributed by atoms with van der Waals surface area (Å²) in [6.45, 7) is 0. The molecule has 0 aliphatic rings. The van der Waals surface area contributed by atoms with Crippen LogP contribution >= 0.6 is 46.4 Å². The molecule has 136 valence electrons. The summed E-state index contributed by atoms with van der Waals surface area (Å²) in [5.74, 6) is 0.914. The number of carbonyl (C=O) groups is 1. The van der Waals surface area contributed by atoms with Crippen molar-refractivity contribution in [1.82, 2.24) is 5.32 Å². The average molecular weight is 509 g/mol. The standard InChI is InChI=1S/C20H14ClIN2O2S/c21-14-3-1-13(2-4-14)18-11-9-17(26-18)10-12-19(25)24-20(27)23-16-7-5-15(22)6-8-16/h1-12H,(H2,23,24,25,27). The van der Waals surface area contributed by atoms with Crippen LogP contribution in [0.2, 0.25) is 5.02 Å². The van der Waals surface area contributed by atoms with Crippen molar-refractivity contribution in [1.29, 1.82) is 0 Å². The number of furan rings is 1. The highest BCUT2D eigenvalue weighted by atomic mass is 127. The van der Waals surface area contributed by atoms with E-state index in [1.165, 1.54) is 6.08 Å². The van der Waals surface area contributed by atoms with Crippen LogP contribution in [-0.4, -0.2) is 11.0 Å². The number of anilines is 1. The molecule has 0 fully saturated rings. The van der Waals surface area contributed by atoms with Crippen molar-refractivity contribution < 1.29 is 9.21 Å². The lowest BCUT2D eigenvalue weighted by atomic mass is 10.2. The molecule has 0 spiro atoms. The van der Waals surface area contributed by atoms with E-state index in [-0.39, 0.29) is 11.0 Å². The van der Waals surface area contributed by atoms with Gasteiger partial charge in [-0.25, -0.2) is 0 Å². The Bertz CT molecular complexity index is 982. The maximum absolute atomic E-state index is 12.0. The molecule has 0 saturated heterocycles. The largest absolute Gasteiger partial charge is 0.457 e. The lowest BCUT2D eigenvalue weighted by Crippen LogP contribution is -2.32. The highest BCUT2D eigenvalue weighted by Crippen LogP contribution is 2.24. The van der Waals surface area contributed by atoms with Gasteiger partial charge in [-0.15, -0.1) is 0 Å². The van der Waals surface area contributed by atoms with E-state index in [0.29, 0.717) is 16.5 Å². The van der Waals surface area contributed by atoms with E-state index in [1.54, 1.807) is 24.3 Å². The molecule has 0 bridgehead atoms. The van der Waals surface area contributed by atoms with Gasteiger partial charge >= 0.3 is 0 Å². The van der Waals surface area contributed by atoms with Gasteiger partial charge in [0.1, 0.15) is 11.5 Å². The van der Waals surface area contributed by atoms with E-state index in [1.807, 2.05) is 42.5 Å². The minimum Gasteiger partial charge on any atom is -0.457 e. The predicted octanol–water partition coefficient (Wildman–Crippen LogP) is 5.73. The van der Waals surface area contributed by atoms with Gasteiger partial charge in [0.2, 0.25) is 5.91 Å². The first-order valence-electron chi connectivity index (χ1n) is 7.91. The van der Waals surface area contributed by atoms with Gasteiger partial charge in [0.25, 0.3) is 0 Å². The van der Waals surface area contributed by atoms with Crippen LogP contribution in [0, 0.1) is 3.57 Å². The van der Waals surface area contributed by atoms with Crippen molar-refractivity contribution in [2.24, 2.45) is 0 Å². The zero-order chi connectivity index (χ0) is 19.2. The number of rotatable bonds is 4. The highest BCUT2D eigenvalue weighted by Gasteiger charge is 2.05. The quantitative estimate of drug-likeness (QED) is 0.268. The molecule has 27 heavy (non-hydrogen) atoms.